The number of fused-ring (bicyclic) bond motifs is 2. The first-order valence-corrected chi connectivity index (χ1v) is 14.2. The smallest absolute Gasteiger partial charge is 0.240 e. The maximum atomic E-state index is 12.9. The number of anilines is 3. The van der Waals surface area contributed by atoms with Crippen molar-refractivity contribution >= 4 is 43.5 Å². The van der Waals surface area contributed by atoms with E-state index in [1.54, 1.807) is 36.7 Å². The Morgan fingerprint density at radius 3 is 2.50 bits per heavy atom. The summed E-state index contributed by atoms with van der Waals surface area (Å²) in [5.41, 5.74) is 6.11. The van der Waals surface area contributed by atoms with Crippen molar-refractivity contribution in [2.24, 2.45) is 0 Å². The molecule has 0 bridgehead atoms. The summed E-state index contributed by atoms with van der Waals surface area (Å²) >= 11 is 0. The summed E-state index contributed by atoms with van der Waals surface area (Å²) in [5.74, 6) is 0.151. The number of imidazole rings is 1. The Morgan fingerprint density at radius 1 is 0.975 bits per heavy atom. The van der Waals surface area contributed by atoms with Gasteiger partial charge in [0.25, 0.3) is 0 Å². The lowest BCUT2D eigenvalue weighted by Crippen LogP contribution is -2.23. The fourth-order valence-corrected chi connectivity index (χ4v) is 5.69. The highest BCUT2D eigenvalue weighted by Crippen LogP contribution is 2.32. The number of nitrogens with zero attached hydrogens (tertiary/aromatic N) is 3. The summed E-state index contributed by atoms with van der Waals surface area (Å²) in [6.07, 6.45) is 5.40. The molecule has 6 aromatic rings. The normalized spacial score (nSPS) is 11.8. The van der Waals surface area contributed by atoms with Crippen molar-refractivity contribution in [1.82, 2.24) is 19.1 Å². The molecule has 0 aliphatic rings. The molecule has 0 fully saturated rings. The molecule has 6 rings (SSSR count). The zero-order chi connectivity index (χ0) is 27.9. The second-order valence-electron chi connectivity index (χ2n) is 9.73. The molecule has 202 valence electrons. The first-order valence-electron chi connectivity index (χ1n) is 12.7. The molecule has 0 aliphatic carbocycles. The fourth-order valence-electron chi connectivity index (χ4n) is 4.67. The van der Waals surface area contributed by atoms with Gasteiger partial charge in [0.15, 0.2) is 11.5 Å². The van der Waals surface area contributed by atoms with Crippen molar-refractivity contribution in [3.8, 4) is 17.1 Å². The van der Waals surface area contributed by atoms with Gasteiger partial charge in [0, 0.05) is 61.4 Å². The molecule has 0 spiro atoms. The Kier molecular flexibility index (Phi) is 6.41. The summed E-state index contributed by atoms with van der Waals surface area (Å²) in [5, 5.41) is 15.0. The molecule has 3 aromatic carbocycles. The van der Waals surface area contributed by atoms with Crippen LogP contribution in [0.5, 0.6) is 5.88 Å². The second kappa shape index (κ2) is 10.1. The zero-order valence-electron chi connectivity index (χ0n) is 22.0. The monoisotopic (exact) mass is 552 g/mol. The third-order valence-electron chi connectivity index (χ3n) is 6.88. The summed E-state index contributed by atoms with van der Waals surface area (Å²) in [6.45, 7) is 0.207. The number of rotatable bonds is 8. The van der Waals surface area contributed by atoms with Crippen molar-refractivity contribution in [3.05, 3.63) is 103 Å². The number of sulfonamides is 1. The van der Waals surface area contributed by atoms with E-state index >= 15 is 0 Å². The first-order chi connectivity index (χ1) is 19.3. The quantitative estimate of drug-likeness (QED) is 0.199. The summed E-state index contributed by atoms with van der Waals surface area (Å²) in [7, 11) is 0.247. The molecule has 10 heteroatoms. The van der Waals surface area contributed by atoms with Crippen LogP contribution in [-0.4, -0.2) is 42.0 Å². The standard InChI is InChI=1S/C30H28N6O3S/c1-35(2)24-8-3-20(4-9-24)18-33-40(38,39)25-10-6-23(7-11-25)34-27-13-14-28(36-16-15-31-29(27)36)21-5-12-26-22(17-21)19-32-30(26)37/h3-17,19,32-34,37H,18H2,1-2H3. The number of aromatic amines is 1. The molecule has 3 aromatic heterocycles. The fraction of sp³-hybridized carbons (Fsp3) is 0.100. The summed E-state index contributed by atoms with van der Waals surface area (Å²) < 4.78 is 30.4. The molecular formula is C30H28N6O3S. The van der Waals surface area contributed by atoms with Crippen molar-refractivity contribution in [2.75, 3.05) is 24.3 Å². The lowest BCUT2D eigenvalue weighted by molar-refractivity contribution is 0.462. The number of H-pyrrole nitrogens is 1. The Bertz CT molecular complexity index is 1920. The predicted molar refractivity (Wildman–Crippen MR) is 159 cm³/mol. The van der Waals surface area contributed by atoms with E-state index in [0.717, 1.165) is 50.3 Å². The number of aromatic nitrogens is 3. The van der Waals surface area contributed by atoms with Gasteiger partial charge in [-0.3, -0.25) is 4.40 Å². The molecule has 4 N–H and O–H groups in total. The van der Waals surface area contributed by atoms with Gasteiger partial charge in [0.05, 0.1) is 16.3 Å². The molecule has 0 aliphatic heterocycles. The molecule has 0 unspecified atom stereocenters. The molecule has 0 saturated heterocycles. The number of benzene rings is 3. The third-order valence-corrected chi connectivity index (χ3v) is 8.30. The van der Waals surface area contributed by atoms with Gasteiger partial charge in [-0.2, -0.15) is 0 Å². The van der Waals surface area contributed by atoms with Crippen LogP contribution in [0.15, 0.2) is 102 Å². The Balaban J connectivity index is 1.19. The lowest BCUT2D eigenvalue weighted by atomic mass is 10.1. The highest BCUT2D eigenvalue weighted by Gasteiger charge is 2.15. The Morgan fingerprint density at radius 2 is 1.75 bits per heavy atom. The van der Waals surface area contributed by atoms with Gasteiger partial charge < -0.3 is 20.3 Å². The minimum absolute atomic E-state index is 0.151. The molecule has 0 saturated carbocycles. The van der Waals surface area contributed by atoms with E-state index < -0.39 is 10.0 Å². The average Bonchev–Trinajstić information content (AvgIpc) is 3.60. The van der Waals surface area contributed by atoms with E-state index in [2.05, 4.69) is 20.0 Å². The lowest BCUT2D eigenvalue weighted by Gasteiger charge is -2.13. The number of hydrogen-bond acceptors (Lipinski definition) is 6. The van der Waals surface area contributed by atoms with Gasteiger partial charge in [-0.1, -0.05) is 18.2 Å². The Hall–Kier alpha value is -4.80. The van der Waals surface area contributed by atoms with E-state index in [1.807, 2.05) is 84.2 Å². The number of pyridine rings is 1. The van der Waals surface area contributed by atoms with Crippen LogP contribution in [0.1, 0.15) is 5.56 Å². The molecule has 3 heterocycles. The van der Waals surface area contributed by atoms with Crippen LogP contribution in [-0.2, 0) is 16.6 Å². The number of nitrogens with one attached hydrogen (secondary N) is 3. The van der Waals surface area contributed by atoms with E-state index in [1.165, 1.54) is 0 Å². The largest absolute Gasteiger partial charge is 0.494 e. The molecule has 0 amide bonds. The van der Waals surface area contributed by atoms with Gasteiger partial charge in [0.1, 0.15) is 0 Å². The van der Waals surface area contributed by atoms with Crippen LogP contribution >= 0.6 is 0 Å². The average molecular weight is 553 g/mol. The van der Waals surface area contributed by atoms with Crippen LogP contribution in [0.4, 0.5) is 17.1 Å². The Labute approximate surface area is 231 Å². The SMILES string of the molecule is CN(C)c1ccc(CNS(=O)(=O)c2ccc(Nc3ccc(-c4ccc5c(O)[nH]cc5c4)n4ccnc34)cc2)cc1. The minimum atomic E-state index is -3.67. The first kappa shape index (κ1) is 25.5. The van der Waals surface area contributed by atoms with E-state index in [9.17, 15) is 13.5 Å². The van der Waals surface area contributed by atoms with Crippen LogP contribution in [0, 0.1) is 0 Å². The number of hydrogen-bond donors (Lipinski definition) is 4. The molecule has 0 atom stereocenters. The zero-order valence-corrected chi connectivity index (χ0v) is 22.8. The van der Waals surface area contributed by atoms with E-state index in [4.69, 9.17) is 0 Å². The molecule has 9 nitrogen and oxygen atoms in total. The van der Waals surface area contributed by atoms with Gasteiger partial charge in [0.2, 0.25) is 10.0 Å². The summed E-state index contributed by atoms with van der Waals surface area (Å²) in [6, 6.07) is 24.2. The topological polar surface area (TPSA) is 115 Å². The predicted octanol–water partition coefficient (Wildman–Crippen LogP) is 5.48. The third kappa shape index (κ3) is 4.86. The van der Waals surface area contributed by atoms with Crippen molar-refractivity contribution in [3.63, 3.8) is 0 Å². The van der Waals surface area contributed by atoms with Crippen molar-refractivity contribution in [1.29, 1.82) is 0 Å². The number of aromatic hydroxyl groups is 1. The maximum Gasteiger partial charge on any atom is 0.240 e. The van der Waals surface area contributed by atoms with Crippen LogP contribution in [0.25, 0.3) is 27.7 Å². The van der Waals surface area contributed by atoms with Crippen molar-refractivity contribution < 1.29 is 13.5 Å². The second-order valence-corrected chi connectivity index (χ2v) is 11.5. The van der Waals surface area contributed by atoms with Crippen LogP contribution in [0.3, 0.4) is 0 Å². The maximum absolute atomic E-state index is 12.9. The molecule has 0 radical (unpaired) electrons. The summed E-state index contributed by atoms with van der Waals surface area (Å²) in [4.78, 5) is 9.56. The van der Waals surface area contributed by atoms with Crippen LogP contribution in [0.2, 0.25) is 0 Å². The van der Waals surface area contributed by atoms with Gasteiger partial charge in [-0.15, -0.1) is 0 Å². The van der Waals surface area contributed by atoms with Gasteiger partial charge in [-0.25, -0.2) is 18.1 Å². The highest BCUT2D eigenvalue weighted by molar-refractivity contribution is 7.89. The molecule has 40 heavy (non-hydrogen) atoms. The minimum Gasteiger partial charge on any atom is -0.494 e. The van der Waals surface area contributed by atoms with Gasteiger partial charge in [-0.05, 0) is 71.8 Å². The van der Waals surface area contributed by atoms with Crippen LogP contribution < -0.4 is 14.9 Å². The van der Waals surface area contributed by atoms with Gasteiger partial charge >= 0.3 is 0 Å². The van der Waals surface area contributed by atoms with E-state index in [-0.39, 0.29) is 17.3 Å². The molecular weight excluding hydrogens is 524 g/mol. The van der Waals surface area contributed by atoms with Crippen molar-refractivity contribution in [2.45, 2.75) is 11.4 Å². The van der Waals surface area contributed by atoms with E-state index in [0.29, 0.717) is 0 Å². The highest BCUT2D eigenvalue weighted by atomic mass is 32.2.